The molecule has 76 valence electrons. The van der Waals surface area contributed by atoms with Gasteiger partial charge >= 0.3 is 5.97 Å². The molecule has 2 N–H and O–H groups in total. The lowest BCUT2D eigenvalue weighted by molar-refractivity contribution is -0.136. The van der Waals surface area contributed by atoms with Gasteiger partial charge in [-0.3, -0.25) is 4.79 Å². The fourth-order valence-electron chi connectivity index (χ4n) is 1.08. The van der Waals surface area contributed by atoms with Gasteiger partial charge in [-0.1, -0.05) is 0 Å². The standard InChI is InChI=1S/C9H9FO4/c1-14-7-4-6(10)2-5(9(7)13)3-8(11)12/h2,4,13H,3H2,1H3,(H,11,12). The van der Waals surface area contributed by atoms with Crippen LogP contribution in [0.4, 0.5) is 4.39 Å². The van der Waals surface area contributed by atoms with Crippen molar-refractivity contribution >= 4 is 5.97 Å². The highest BCUT2D eigenvalue weighted by Crippen LogP contribution is 2.31. The van der Waals surface area contributed by atoms with Gasteiger partial charge in [-0.25, -0.2) is 4.39 Å². The normalized spacial score (nSPS) is 9.86. The van der Waals surface area contributed by atoms with Crippen LogP contribution in [0.15, 0.2) is 12.1 Å². The Bertz CT molecular complexity index is 362. The smallest absolute Gasteiger partial charge is 0.307 e. The van der Waals surface area contributed by atoms with Gasteiger partial charge in [0.1, 0.15) is 5.82 Å². The van der Waals surface area contributed by atoms with E-state index in [0.717, 1.165) is 12.1 Å². The maximum atomic E-state index is 12.9. The van der Waals surface area contributed by atoms with Crippen molar-refractivity contribution in [2.45, 2.75) is 6.42 Å². The first-order valence-electron chi connectivity index (χ1n) is 3.81. The van der Waals surface area contributed by atoms with E-state index >= 15 is 0 Å². The number of phenolic OH excluding ortho intramolecular Hbond substituents is 1. The van der Waals surface area contributed by atoms with Crippen molar-refractivity contribution < 1.29 is 24.1 Å². The van der Waals surface area contributed by atoms with Crippen LogP contribution in [0.3, 0.4) is 0 Å². The Morgan fingerprint density at radius 2 is 2.21 bits per heavy atom. The van der Waals surface area contributed by atoms with E-state index in [4.69, 9.17) is 5.11 Å². The maximum Gasteiger partial charge on any atom is 0.307 e. The predicted octanol–water partition coefficient (Wildman–Crippen LogP) is 1.17. The van der Waals surface area contributed by atoms with E-state index in [-0.39, 0.29) is 17.1 Å². The summed E-state index contributed by atoms with van der Waals surface area (Å²) < 4.78 is 17.5. The molecule has 0 fully saturated rings. The fourth-order valence-corrected chi connectivity index (χ4v) is 1.08. The van der Waals surface area contributed by atoms with Gasteiger partial charge in [0.25, 0.3) is 0 Å². The molecule has 0 radical (unpaired) electrons. The molecule has 0 heterocycles. The number of benzene rings is 1. The molecule has 14 heavy (non-hydrogen) atoms. The van der Waals surface area contributed by atoms with Crippen molar-refractivity contribution in [1.82, 2.24) is 0 Å². The molecule has 0 aliphatic rings. The summed E-state index contributed by atoms with van der Waals surface area (Å²) in [6.07, 6.45) is -0.444. The number of aliphatic carboxylic acids is 1. The fraction of sp³-hybridized carbons (Fsp3) is 0.222. The van der Waals surface area contributed by atoms with Crippen molar-refractivity contribution in [3.05, 3.63) is 23.5 Å². The Kier molecular flexibility index (Phi) is 2.91. The number of carboxylic acids is 1. The molecular weight excluding hydrogens is 191 g/mol. The van der Waals surface area contributed by atoms with Crippen LogP contribution in [-0.4, -0.2) is 23.3 Å². The molecule has 0 bridgehead atoms. The average Bonchev–Trinajstić information content (AvgIpc) is 2.09. The average molecular weight is 200 g/mol. The summed E-state index contributed by atoms with van der Waals surface area (Å²) in [7, 11) is 1.26. The van der Waals surface area contributed by atoms with Crippen molar-refractivity contribution in [2.24, 2.45) is 0 Å². The van der Waals surface area contributed by atoms with Crippen LogP contribution in [0.5, 0.6) is 11.5 Å². The van der Waals surface area contributed by atoms with Gasteiger partial charge < -0.3 is 14.9 Å². The number of phenols is 1. The van der Waals surface area contributed by atoms with Crippen LogP contribution in [0.2, 0.25) is 0 Å². The van der Waals surface area contributed by atoms with Gasteiger partial charge in [0, 0.05) is 11.6 Å². The Morgan fingerprint density at radius 3 is 2.71 bits per heavy atom. The van der Waals surface area contributed by atoms with E-state index in [1.807, 2.05) is 0 Å². The summed E-state index contributed by atoms with van der Waals surface area (Å²) in [6.45, 7) is 0. The van der Waals surface area contributed by atoms with Gasteiger partial charge in [-0.2, -0.15) is 0 Å². The van der Waals surface area contributed by atoms with Crippen LogP contribution in [0.25, 0.3) is 0 Å². The second-order valence-electron chi connectivity index (χ2n) is 2.69. The Balaban J connectivity index is 3.15. The zero-order chi connectivity index (χ0) is 10.7. The first kappa shape index (κ1) is 10.3. The Hall–Kier alpha value is -1.78. The molecule has 1 aromatic carbocycles. The van der Waals surface area contributed by atoms with Crippen LogP contribution in [0, 0.1) is 5.82 Å². The lowest BCUT2D eigenvalue weighted by Gasteiger charge is -2.07. The monoisotopic (exact) mass is 200 g/mol. The number of methoxy groups -OCH3 is 1. The van der Waals surface area contributed by atoms with E-state index in [1.165, 1.54) is 7.11 Å². The topological polar surface area (TPSA) is 66.8 Å². The summed E-state index contributed by atoms with van der Waals surface area (Å²) in [4.78, 5) is 10.4. The lowest BCUT2D eigenvalue weighted by Crippen LogP contribution is -2.01. The summed E-state index contributed by atoms with van der Waals surface area (Å²) in [5.41, 5.74) is -0.00523. The molecule has 0 saturated carbocycles. The molecule has 4 nitrogen and oxygen atoms in total. The van der Waals surface area contributed by atoms with Crippen molar-refractivity contribution in [3.8, 4) is 11.5 Å². The molecule has 5 heteroatoms. The van der Waals surface area contributed by atoms with E-state index < -0.39 is 18.2 Å². The minimum Gasteiger partial charge on any atom is -0.504 e. The quantitative estimate of drug-likeness (QED) is 0.768. The van der Waals surface area contributed by atoms with Crippen molar-refractivity contribution in [3.63, 3.8) is 0 Å². The van der Waals surface area contributed by atoms with E-state index in [9.17, 15) is 14.3 Å². The van der Waals surface area contributed by atoms with Gasteiger partial charge in [0.05, 0.1) is 13.5 Å². The lowest BCUT2D eigenvalue weighted by atomic mass is 10.1. The predicted molar refractivity (Wildman–Crippen MR) is 46.0 cm³/mol. The van der Waals surface area contributed by atoms with Crippen LogP contribution >= 0.6 is 0 Å². The third-order valence-electron chi connectivity index (χ3n) is 1.68. The van der Waals surface area contributed by atoms with E-state index in [0.29, 0.717) is 0 Å². The van der Waals surface area contributed by atoms with Gasteiger partial charge in [0.2, 0.25) is 0 Å². The second-order valence-corrected chi connectivity index (χ2v) is 2.69. The number of hydrogen-bond acceptors (Lipinski definition) is 3. The van der Waals surface area contributed by atoms with Crippen LogP contribution in [0.1, 0.15) is 5.56 Å². The highest BCUT2D eigenvalue weighted by molar-refractivity contribution is 5.72. The number of ether oxygens (including phenoxy) is 1. The van der Waals surface area contributed by atoms with E-state index in [2.05, 4.69) is 4.74 Å². The van der Waals surface area contributed by atoms with Gasteiger partial charge in [0.15, 0.2) is 11.5 Å². The zero-order valence-electron chi connectivity index (χ0n) is 7.45. The molecular formula is C9H9FO4. The summed E-state index contributed by atoms with van der Waals surface area (Å²) in [5.74, 6) is -2.19. The first-order valence-corrected chi connectivity index (χ1v) is 3.81. The van der Waals surface area contributed by atoms with E-state index in [1.54, 1.807) is 0 Å². The molecule has 0 aliphatic carbocycles. The van der Waals surface area contributed by atoms with Crippen LogP contribution < -0.4 is 4.74 Å². The Morgan fingerprint density at radius 1 is 1.57 bits per heavy atom. The third-order valence-corrected chi connectivity index (χ3v) is 1.68. The molecule has 1 aromatic rings. The van der Waals surface area contributed by atoms with Crippen LogP contribution in [-0.2, 0) is 11.2 Å². The summed E-state index contributed by atoms with van der Waals surface area (Å²) >= 11 is 0. The number of hydrogen-bond donors (Lipinski definition) is 2. The molecule has 0 aliphatic heterocycles. The highest BCUT2D eigenvalue weighted by Gasteiger charge is 2.13. The van der Waals surface area contributed by atoms with Gasteiger partial charge in [-0.15, -0.1) is 0 Å². The number of rotatable bonds is 3. The summed E-state index contributed by atoms with van der Waals surface area (Å²) in [6, 6.07) is 1.95. The molecule has 0 amide bonds. The minimum absolute atomic E-state index is 0.00523. The van der Waals surface area contributed by atoms with Gasteiger partial charge in [-0.05, 0) is 6.07 Å². The molecule has 0 unspecified atom stereocenters. The Labute approximate surface area is 79.6 Å². The molecule has 1 rings (SSSR count). The first-order chi connectivity index (χ1) is 6.54. The SMILES string of the molecule is COc1cc(F)cc(CC(=O)O)c1O. The molecule has 0 aromatic heterocycles. The molecule has 0 spiro atoms. The number of carbonyl (C=O) groups is 1. The maximum absolute atomic E-state index is 12.9. The largest absolute Gasteiger partial charge is 0.504 e. The zero-order valence-corrected chi connectivity index (χ0v) is 7.45. The number of aromatic hydroxyl groups is 1. The van der Waals surface area contributed by atoms with Crippen molar-refractivity contribution in [1.29, 1.82) is 0 Å². The number of carboxylic acid groups (broad SMARTS) is 1. The molecule has 0 saturated heterocycles. The third kappa shape index (κ3) is 2.12. The molecule has 0 atom stereocenters. The highest BCUT2D eigenvalue weighted by atomic mass is 19.1. The minimum atomic E-state index is -1.15. The number of halogens is 1. The second kappa shape index (κ2) is 3.95. The van der Waals surface area contributed by atoms with Crippen molar-refractivity contribution in [2.75, 3.05) is 7.11 Å². The summed E-state index contributed by atoms with van der Waals surface area (Å²) in [5, 5.41) is 17.9.